The monoisotopic (exact) mass is 592 g/mol. The molecule has 3 atom stereocenters. The number of hydrogen-bond acceptors (Lipinski definition) is 8. The van der Waals surface area contributed by atoms with Gasteiger partial charge in [-0.3, -0.25) is 0 Å². The van der Waals surface area contributed by atoms with Gasteiger partial charge in [-0.05, 0) is 92.3 Å². The Morgan fingerprint density at radius 2 is 1.70 bits per heavy atom. The summed E-state index contributed by atoms with van der Waals surface area (Å²) in [6, 6.07) is 18.8. The Balaban J connectivity index is 1.09. The number of aryl methyl sites for hydroxylation is 1. The number of benzene rings is 2. The second-order valence-corrected chi connectivity index (χ2v) is 11.3. The maximum absolute atomic E-state index is 12.7. The van der Waals surface area contributed by atoms with Crippen LogP contribution in [0.2, 0.25) is 0 Å². The first kappa shape index (κ1) is 29.0. The lowest BCUT2D eigenvalue weighted by Gasteiger charge is -2.40. The highest BCUT2D eigenvalue weighted by Gasteiger charge is 2.31. The van der Waals surface area contributed by atoms with Gasteiger partial charge in [-0.1, -0.05) is 30.1 Å². The normalized spacial score (nSPS) is 21.0. The molecule has 3 heterocycles. The van der Waals surface area contributed by atoms with Gasteiger partial charge in [0.1, 0.15) is 11.6 Å². The maximum Gasteiger partial charge on any atom is 0.573 e. The number of anilines is 2. The Labute approximate surface area is 248 Å². The Morgan fingerprint density at radius 3 is 2.47 bits per heavy atom. The number of ether oxygens (including phenoxy) is 1. The van der Waals surface area contributed by atoms with Gasteiger partial charge in [-0.15, -0.1) is 13.2 Å². The predicted octanol–water partition coefficient (Wildman–Crippen LogP) is 6.99. The first-order valence-corrected chi connectivity index (χ1v) is 14.8. The summed E-state index contributed by atoms with van der Waals surface area (Å²) in [4.78, 5) is 11.3. The number of alkyl halides is 3. The summed E-state index contributed by atoms with van der Waals surface area (Å²) >= 11 is 0. The fourth-order valence-corrected chi connectivity index (χ4v) is 6.13. The lowest BCUT2D eigenvalue weighted by atomic mass is 9.89. The molecule has 6 rings (SSSR count). The highest BCUT2D eigenvalue weighted by atomic mass is 19.4. The second kappa shape index (κ2) is 12.6. The minimum absolute atomic E-state index is 0.198. The van der Waals surface area contributed by atoms with Crippen LogP contribution < -0.4 is 20.3 Å². The summed E-state index contributed by atoms with van der Waals surface area (Å²) < 4.78 is 47.6. The van der Waals surface area contributed by atoms with Crippen molar-refractivity contribution in [1.82, 2.24) is 20.4 Å². The topological polar surface area (TPSA) is 88.3 Å². The van der Waals surface area contributed by atoms with Crippen molar-refractivity contribution in [2.24, 2.45) is 0 Å². The third-order valence-electron chi connectivity index (χ3n) is 8.14. The van der Waals surface area contributed by atoms with E-state index >= 15 is 0 Å². The highest BCUT2D eigenvalue weighted by Crippen LogP contribution is 2.30. The van der Waals surface area contributed by atoms with Crippen LogP contribution in [0, 0.1) is 6.92 Å². The van der Waals surface area contributed by atoms with Crippen molar-refractivity contribution < 1.29 is 22.4 Å². The molecular formula is C32H35F3N6O2. The number of nitrogens with zero attached hydrogens (tertiary/aromatic N) is 4. The minimum Gasteiger partial charge on any atom is -0.406 e. The zero-order chi connectivity index (χ0) is 29.8. The van der Waals surface area contributed by atoms with Gasteiger partial charge in [-0.2, -0.15) is 4.98 Å². The molecule has 2 N–H and O–H groups in total. The molecule has 2 aliphatic rings. The molecule has 4 aromatic rings. The summed E-state index contributed by atoms with van der Waals surface area (Å²) in [5.41, 5.74) is 3.49. The third kappa shape index (κ3) is 7.45. The van der Waals surface area contributed by atoms with Crippen LogP contribution in [0.25, 0.3) is 22.6 Å². The number of pyridine rings is 1. The van der Waals surface area contributed by atoms with Gasteiger partial charge in [0, 0.05) is 48.7 Å². The Hall–Kier alpha value is -4.12. The molecule has 1 aliphatic heterocycles. The SMILES string of the molecule is Cc1noc(-c2ccc(N3CCCC(NC4CCCCC4Nc4cc(-c5cccc(OC(F)(F)F)c5)ccn4)C3)cc2)n1. The van der Waals surface area contributed by atoms with Gasteiger partial charge < -0.3 is 24.8 Å². The zero-order valence-electron chi connectivity index (χ0n) is 24.0. The van der Waals surface area contributed by atoms with Gasteiger partial charge >= 0.3 is 6.36 Å². The number of nitrogens with one attached hydrogen (secondary N) is 2. The molecule has 43 heavy (non-hydrogen) atoms. The molecule has 0 radical (unpaired) electrons. The summed E-state index contributed by atoms with van der Waals surface area (Å²) in [5, 5.41) is 11.5. The van der Waals surface area contributed by atoms with E-state index in [-0.39, 0.29) is 17.8 Å². The van der Waals surface area contributed by atoms with Crippen molar-refractivity contribution in [2.45, 2.75) is 69.9 Å². The molecule has 1 aliphatic carbocycles. The molecule has 3 unspecified atom stereocenters. The Morgan fingerprint density at radius 1 is 0.907 bits per heavy atom. The molecule has 0 bridgehead atoms. The molecule has 1 saturated heterocycles. The van der Waals surface area contributed by atoms with E-state index in [2.05, 4.69) is 47.5 Å². The fourth-order valence-electron chi connectivity index (χ4n) is 6.13. The summed E-state index contributed by atoms with van der Waals surface area (Å²) in [7, 11) is 0. The summed E-state index contributed by atoms with van der Waals surface area (Å²) in [6.45, 7) is 3.74. The second-order valence-electron chi connectivity index (χ2n) is 11.3. The number of halogens is 3. The molecule has 11 heteroatoms. The smallest absolute Gasteiger partial charge is 0.406 e. The lowest BCUT2D eigenvalue weighted by Crippen LogP contribution is -2.54. The Kier molecular flexibility index (Phi) is 8.51. The van der Waals surface area contributed by atoms with E-state index < -0.39 is 6.36 Å². The summed E-state index contributed by atoms with van der Waals surface area (Å²) in [5.74, 6) is 1.61. The first-order valence-electron chi connectivity index (χ1n) is 14.8. The van der Waals surface area contributed by atoms with E-state index in [1.807, 2.05) is 25.1 Å². The van der Waals surface area contributed by atoms with E-state index in [0.29, 0.717) is 29.1 Å². The van der Waals surface area contributed by atoms with E-state index in [1.54, 1.807) is 24.4 Å². The number of rotatable bonds is 8. The molecule has 226 valence electrons. The van der Waals surface area contributed by atoms with Crippen molar-refractivity contribution >= 4 is 11.5 Å². The average molecular weight is 593 g/mol. The van der Waals surface area contributed by atoms with Crippen molar-refractivity contribution in [3.05, 3.63) is 72.7 Å². The zero-order valence-corrected chi connectivity index (χ0v) is 24.0. The standard InChI is InChI=1S/C32H35F3N6O2/c1-21-37-31(43-40-21)22-11-13-26(14-12-22)41-17-5-7-25(20-41)38-28-9-2-3-10-29(28)39-30-19-24(15-16-36-30)23-6-4-8-27(18-23)42-32(33,34)35/h4,6,8,11-16,18-19,25,28-29,38H,2-3,5,7,9-10,17,20H2,1H3,(H,36,39). The van der Waals surface area contributed by atoms with E-state index in [0.717, 1.165) is 56.3 Å². The van der Waals surface area contributed by atoms with Crippen LogP contribution in [0.15, 0.2) is 71.4 Å². The molecule has 2 fully saturated rings. The van der Waals surface area contributed by atoms with Gasteiger partial charge in [0.2, 0.25) is 0 Å². The van der Waals surface area contributed by atoms with Gasteiger partial charge in [0.25, 0.3) is 5.89 Å². The van der Waals surface area contributed by atoms with E-state index in [4.69, 9.17) is 4.52 Å². The van der Waals surface area contributed by atoms with Crippen molar-refractivity contribution in [2.75, 3.05) is 23.3 Å². The van der Waals surface area contributed by atoms with Gasteiger partial charge in [-0.25, -0.2) is 4.98 Å². The maximum atomic E-state index is 12.7. The van der Waals surface area contributed by atoms with Crippen LogP contribution >= 0.6 is 0 Å². The quantitative estimate of drug-likeness (QED) is 0.226. The molecule has 2 aromatic heterocycles. The molecule has 8 nitrogen and oxygen atoms in total. The molecule has 0 spiro atoms. The molecular weight excluding hydrogens is 557 g/mol. The largest absolute Gasteiger partial charge is 0.573 e. The van der Waals surface area contributed by atoms with Gasteiger partial charge in [0.05, 0.1) is 0 Å². The lowest BCUT2D eigenvalue weighted by molar-refractivity contribution is -0.274. The summed E-state index contributed by atoms with van der Waals surface area (Å²) in [6.07, 6.45) is 3.56. The van der Waals surface area contributed by atoms with Crippen LogP contribution in [0.4, 0.5) is 24.7 Å². The molecule has 0 amide bonds. The first-order chi connectivity index (χ1) is 20.8. The van der Waals surface area contributed by atoms with E-state index in [9.17, 15) is 13.2 Å². The third-order valence-corrected chi connectivity index (χ3v) is 8.14. The fraction of sp³-hybridized carbons (Fsp3) is 0.406. The van der Waals surface area contributed by atoms with Crippen LogP contribution in [0.1, 0.15) is 44.3 Å². The van der Waals surface area contributed by atoms with Crippen LogP contribution in [0.5, 0.6) is 5.75 Å². The van der Waals surface area contributed by atoms with Crippen LogP contribution in [-0.4, -0.2) is 52.7 Å². The van der Waals surface area contributed by atoms with Crippen molar-refractivity contribution in [3.63, 3.8) is 0 Å². The van der Waals surface area contributed by atoms with Crippen LogP contribution in [0.3, 0.4) is 0 Å². The van der Waals surface area contributed by atoms with Crippen molar-refractivity contribution in [1.29, 1.82) is 0 Å². The number of hydrogen-bond donors (Lipinski definition) is 2. The molecule has 1 saturated carbocycles. The van der Waals surface area contributed by atoms with Crippen molar-refractivity contribution in [3.8, 4) is 28.3 Å². The number of aromatic nitrogens is 3. The highest BCUT2D eigenvalue weighted by molar-refractivity contribution is 5.67. The minimum atomic E-state index is -4.73. The Bertz CT molecular complexity index is 1510. The predicted molar refractivity (Wildman–Crippen MR) is 159 cm³/mol. The average Bonchev–Trinajstić information content (AvgIpc) is 3.44. The van der Waals surface area contributed by atoms with Gasteiger partial charge in [0.15, 0.2) is 5.82 Å². The number of piperidine rings is 1. The van der Waals surface area contributed by atoms with E-state index in [1.165, 1.54) is 24.2 Å². The van der Waals surface area contributed by atoms with Crippen LogP contribution in [-0.2, 0) is 0 Å². The molecule has 2 aromatic carbocycles.